The van der Waals surface area contributed by atoms with Gasteiger partial charge in [0.2, 0.25) is 0 Å². The summed E-state index contributed by atoms with van der Waals surface area (Å²) >= 11 is 0. The maximum Gasteiger partial charge on any atom is 0.329 e. The van der Waals surface area contributed by atoms with E-state index in [1.165, 1.54) is 0 Å². The molecule has 0 N–H and O–H groups in total. The van der Waals surface area contributed by atoms with Crippen LogP contribution in [0.25, 0.3) is 0 Å². The lowest BCUT2D eigenvalue weighted by Gasteiger charge is -2.23. The number of anilines is 2. The molecule has 4 rings (SSSR count). The Morgan fingerprint density at radius 1 is 0.920 bits per heavy atom. The zero-order valence-corrected chi connectivity index (χ0v) is 14.5. The lowest BCUT2D eigenvalue weighted by molar-refractivity contribution is 0.255. The molecule has 25 heavy (non-hydrogen) atoms. The van der Waals surface area contributed by atoms with E-state index >= 15 is 0 Å². The van der Waals surface area contributed by atoms with Gasteiger partial charge >= 0.3 is 6.03 Å². The summed E-state index contributed by atoms with van der Waals surface area (Å²) in [5.74, 6) is 0.587. The molecule has 0 unspecified atom stereocenters. The third-order valence-corrected chi connectivity index (χ3v) is 6.43. The molecule has 2 aliphatic heterocycles. The van der Waals surface area contributed by atoms with E-state index < -0.39 is 15.9 Å². The number of hydrogen-bond donors (Lipinski definition) is 0. The Balaban J connectivity index is 1.80. The van der Waals surface area contributed by atoms with Crippen LogP contribution in [-0.4, -0.2) is 45.1 Å². The van der Waals surface area contributed by atoms with Crippen molar-refractivity contribution in [3.8, 4) is 5.75 Å². The van der Waals surface area contributed by atoms with Crippen LogP contribution in [0, 0.1) is 0 Å². The standard InChI is InChI=1S/C18H18N2O4S/c1-24-15-9-5-8-14(10-15)20-17-12-25(22,23)11-16(17)19(18(20)21)13-6-3-2-4-7-13/h2-10,16-17H,11-12H2,1H3/t16-,17-/m0/s1. The quantitative estimate of drug-likeness (QED) is 0.790. The monoisotopic (exact) mass is 358 g/mol. The maximum atomic E-state index is 13.1. The predicted molar refractivity (Wildman–Crippen MR) is 96.0 cm³/mol. The zero-order chi connectivity index (χ0) is 17.6. The number of fused-ring (bicyclic) bond motifs is 1. The molecule has 2 aromatic rings. The molecule has 2 fully saturated rings. The number of hydrogen-bond acceptors (Lipinski definition) is 4. The third kappa shape index (κ3) is 2.64. The van der Waals surface area contributed by atoms with E-state index in [1.54, 1.807) is 41.2 Å². The van der Waals surface area contributed by atoms with E-state index in [-0.39, 0.29) is 23.6 Å². The summed E-state index contributed by atoms with van der Waals surface area (Å²) in [7, 11) is -1.63. The fourth-order valence-electron chi connectivity index (χ4n) is 3.66. The first-order chi connectivity index (χ1) is 12.0. The lowest BCUT2D eigenvalue weighted by atomic mass is 10.1. The molecule has 0 spiro atoms. The second kappa shape index (κ2) is 5.77. The number of sulfone groups is 1. The normalized spacial score (nSPS) is 24.4. The summed E-state index contributed by atoms with van der Waals surface area (Å²) in [6.45, 7) is 0. The van der Waals surface area contributed by atoms with Gasteiger partial charge in [0, 0.05) is 17.4 Å². The average molecular weight is 358 g/mol. The molecule has 2 aromatic carbocycles. The van der Waals surface area contributed by atoms with Crippen LogP contribution in [-0.2, 0) is 9.84 Å². The van der Waals surface area contributed by atoms with Gasteiger partial charge in [-0.3, -0.25) is 9.80 Å². The van der Waals surface area contributed by atoms with E-state index in [0.29, 0.717) is 17.1 Å². The highest BCUT2D eigenvalue weighted by molar-refractivity contribution is 7.91. The van der Waals surface area contributed by atoms with Gasteiger partial charge in [-0.05, 0) is 24.3 Å². The molecule has 0 aliphatic carbocycles. The predicted octanol–water partition coefficient (Wildman–Crippen LogP) is 2.31. The van der Waals surface area contributed by atoms with Crippen molar-refractivity contribution >= 4 is 27.2 Å². The molecular formula is C18H18N2O4S. The van der Waals surface area contributed by atoms with Crippen molar-refractivity contribution in [1.82, 2.24) is 0 Å². The van der Waals surface area contributed by atoms with Gasteiger partial charge in [-0.1, -0.05) is 24.3 Å². The smallest absolute Gasteiger partial charge is 0.329 e. The summed E-state index contributed by atoms with van der Waals surface area (Å²) in [6.07, 6.45) is 0. The zero-order valence-electron chi connectivity index (χ0n) is 13.7. The van der Waals surface area contributed by atoms with Crippen LogP contribution in [0.5, 0.6) is 5.75 Å². The largest absolute Gasteiger partial charge is 0.497 e. The van der Waals surface area contributed by atoms with E-state index in [9.17, 15) is 13.2 Å². The summed E-state index contributed by atoms with van der Waals surface area (Å²) in [5, 5.41) is 0. The highest BCUT2D eigenvalue weighted by Gasteiger charge is 2.54. The first-order valence-corrected chi connectivity index (χ1v) is 9.84. The number of amides is 2. The number of ether oxygens (including phenoxy) is 1. The van der Waals surface area contributed by atoms with Crippen LogP contribution < -0.4 is 14.5 Å². The fourth-order valence-corrected chi connectivity index (χ4v) is 5.58. The highest BCUT2D eigenvalue weighted by atomic mass is 32.2. The van der Waals surface area contributed by atoms with Crippen molar-refractivity contribution in [2.75, 3.05) is 28.4 Å². The second-order valence-electron chi connectivity index (χ2n) is 6.27. The highest BCUT2D eigenvalue weighted by Crippen LogP contribution is 2.38. The van der Waals surface area contributed by atoms with Crippen LogP contribution in [0.4, 0.5) is 16.2 Å². The molecule has 6 nitrogen and oxygen atoms in total. The Bertz CT molecular complexity index is 914. The lowest BCUT2D eigenvalue weighted by Crippen LogP contribution is -2.37. The van der Waals surface area contributed by atoms with Crippen LogP contribution in [0.1, 0.15) is 0 Å². The minimum Gasteiger partial charge on any atom is -0.497 e. The van der Waals surface area contributed by atoms with Crippen molar-refractivity contribution in [3.63, 3.8) is 0 Å². The number of carbonyl (C=O) groups excluding carboxylic acids is 1. The second-order valence-corrected chi connectivity index (χ2v) is 8.43. The minimum absolute atomic E-state index is 0.0151. The van der Waals surface area contributed by atoms with Gasteiger partial charge in [0.1, 0.15) is 5.75 Å². The molecule has 2 atom stereocenters. The first-order valence-electron chi connectivity index (χ1n) is 8.02. The van der Waals surface area contributed by atoms with Gasteiger partial charge in [-0.2, -0.15) is 0 Å². The van der Waals surface area contributed by atoms with Crippen LogP contribution >= 0.6 is 0 Å². The Morgan fingerprint density at radius 2 is 1.52 bits per heavy atom. The van der Waals surface area contributed by atoms with Gasteiger partial charge in [-0.15, -0.1) is 0 Å². The van der Waals surface area contributed by atoms with Crippen LogP contribution in [0.15, 0.2) is 54.6 Å². The molecular weight excluding hydrogens is 340 g/mol. The van der Waals surface area contributed by atoms with E-state index in [2.05, 4.69) is 0 Å². The molecule has 2 amide bonds. The fraction of sp³-hybridized carbons (Fsp3) is 0.278. The number of para-hydroxylation sites is 1. The van der Waals surface area contributed by atoms with E-state index in [4.69, 9.17) is 4.74 Å². The SMILES string of the molecule is COc1cccc(N2C(=O)N(c3ccccc3)[C@H]3CS(=O)(=O)C[C@@H]32)c1. The van der Waals surface area contributed by atoms with Crippen molar-refractivity contribution in [3.05, 3.63) is 54.6 Å². The van der Waals surface area contributed by atoms with Gasteiger partial charge in [0.15, 0.2) is 9.84 Å². The van der Waals surface area contributed by atoms with Crippen molar-refractivity contribution in [2.24, 2.45) is 0 Å². The van der Waals surface area contributed by atoms with E-state index in [1.807, 2.05) is 30.3 Å². The van der Waals surface area contributed by atoms with Gasteiger partial charge < -0.3 is 4.74 Å². The molecule has 7 heteroatoms. The molecule has 0 radical (unpaired) electrons. The third-order valence-electron chi connectivity index (χ3n) is 4.73. The number of carbonyl (C=O) groups is 1. The molecule has 130 valence electrons. The molecule has 2 aliphatic rings. The number of nitrogens with zero attached hydrogens (tertiary/aromatic N) is 2. The topological polar surface area (TPSA) is 66.9 Å². The van der Waals surface area contributed by atoms with Crippen molar-refractivity contribution in [2.45, 2.75) is 12.1 Å². The van der Waals surface area contributed by atoms with Crippen LogP contribution in [0.2, 0.25) is 0 Å². The average Bonchev–Trinajstić information content (AvgIpc) is 3.04. The number of benzene rings is 2. The Kier molecular flexibility index (Phi) is 3.68. The molecule has 2 heterocycles. The van der Waals surface area contributed by atoms with Gasteiger partial charge in [-0.25, -0.2) is 13.2 Å². The van der Waals surface area contributed by atoms with Crippen LogP contribution in [0.3, 0.4) is 0 Å². The summed E-state index contributed by atoms with van der Waals surface area (Å²) in [5.41, 5.74) is 1.36. The summed E-state index contributed by atoms with van der Waals surface area (Å²) < 4.78 is 29.7. The number of rotatable bonds is 3. The Hall–Kier alpha value is -2.54. The van der Waals surface area contributed by atoms with Gasteiger partial charge in [0.05, 0.1) is 30.7 Å². The summed E-state index contributed by atoms with van der Waals surface area (Å²) in [4.78, 5) is 16.3. The minimum atomic E-state index is -3.19. The number of methoxy groups -OCH3 is 1. The molecule has 0 aromatic heterocycles. The Morgan fingerprint density at radius 3 is 2.16 bits per heavy atom. The summed E-state index contributed by atoms with van der Waals surface area (Å²) in [6, 6.07) is 15.4. The van der Waals surface area contributed by atoms with Crippen molar-refractivity contribution in [1.29, 1.82) is 0 Å². The van der Waals surface area contributed by atoms with E-state index in [0.717, 1.165) is 0 Å². The molecule has 2 saturated heterocycles. The first kappa shape index (κ1) is 16.0. The maximum absolute atomic E-state index is 13.1. The molecule has 0 saturated carbocycles. The van der Waals surface area contributed by atoms with Gasteiger partial charge in [0.25, 0.3) is 0 Å². The Labute approximate surface area is 146 Å². The van der Waals surface area contributed by atoms with Crippen molar-refractivity contribution < 1.29 is 17.9 Å². The number of urea groups is 1. The molecule has 0 bridgehead atoms.